The minimum Gasteiger partial charge on any atom is -0.364 e. The molecule has 1 aliphatic heterocycles. The Morgan fingerprint density at radius 1 is 1.07 bits per heavy atom. The minimum atomic E-state index is -3.50. The van der Waals surface area contributed by atoms with E-state index in [-0.39, 0.29) is 35.1 Å². The molecule has 2 atom stereocenters. The van der Waals surface area contributed by atoms with Gasteiger partial charge in [-0.3, -0.25) is 4.79 Å². The van der Waals surface area contributed by atoms with Crippen molar-refractivity contribution in [1.82, 2.24) is 0 Å². The van der Waals surface area contributed by atoms with Crippen LogP contribution < -0.4 is 11.1 Å². The van der Waals surface area contributed by atoms with Gasteiger partial charge < -0.3 is 15.8 Å². The van der Waals surface area contributed by atoms with E-state index >= 15 is 0 Å². The predicted octanol–water partition coefficient (Wildman–Crippen LogP) is 2.53. The van der Waals surface area contributed by atoms with Crippen LogP contribution in [0.25, 0.3) is 0 Å². The standard InChI is InChI=1S/C19H22N2O4S.ClH/c20-12-15-10-11-18(25-15)19(22)21-17-9-5-4-6-14(17)13-26(23,24)16-7-2-1-3-8-16;/h1-9,15,18H,10-13,20H2,(H,21,22);1H/t15-,18+;/m1./s1. The number of rotatable bonds is 6. The molecule has 27 heavy (non-hydrogen) atoms. The Morgan fingerprint density at radius 2 is 1.74 bits per heavy atom. The molecular formula is C19H23ClN2O4S. The highest BCUT2D eigenvalue weighted by atomic mass is 35.5. The molecule has 3 rings (SSSR count). The first-order valence-corrected chi connectivity index (χ1v) is 10.2. The van der Waals surface area contributed by atoms with Crippen molar-refractivity contribution in [2.24, 2.45) is 5.73 Å². The normalized spacial score (nSPS) is 19.3. The SMILES string of the molecule is Cl.NC[C@H]1CC[C@@H](C(=O)Nc2ccccc2CS(=O)(=O)c2ccccc2)O1. The van der Waals surface area contributed by atoms with Gasteiger partial charge in [0.1, 0.15) is 6.10 Å². The maximum Gasteiger partial charge on any atom is 0.253 e. The van der Waals surface area contributed by atoms with Crippen LogP contribution in [0.1, 0.15) is 18.4 Å². The molecule has 2 aromatic carbocycles. The van der Waals surface area contributed by atoms with E-state index in [1.165, 1.54) is 0 Å². The number of nitrogens with two attached hydrogens (primary N) is 1. The van der Waals surface area contributed by atoms with Gasteiger partial charge in [-0.1, -0.05) is 36.4 Å². The second-order valence-corrected chi connectivity index (χ2v) is 8.27. The molecule has 3 N–H and O–H groups in total. The Balaban J connectivity index is 0.00000261. The van der Waals surface area contributed by atoms with Gasteiger partial charge in [0.25, 0.3) is 5.91 Å². The lowest BCUT2D eigenvalue weighted by Gasteiger charge is -2.15. The molecule has 0 unspecified atom stereocenters. The summed E-state index contributed by atoms with van der Waals surface area (Å²) in [6.07, 6.45) is 0.707. The number of para-hydroxylation sites is 1. The van der Waals surface area contributed by atoms with E-state index in [4.69, 9.17) is 10.5 Å². The lowest BCUT2D eigenvalue weighted by molar-refractivity contribution is -0.126. The third kappa shape index (κ3) is 5.29. The van der Waals surface area contributed by atoms with Gasteiger partial charge in [0.2, 0.25) is 0 Å². The van der Waals surface area contributed by atoms with Gasteiger partial charge >= 0.3 is 0 Å². The Hall–Kier alpha value is -1.93. The van der Waals surface area contributed by atoms with Crippen molar-refractivity contribution in [3.05, 3.63) is 60.2 Å². The third-order valence-electron chi connectivity index (χ3n) is 4.39. The van der Waals surface area contributed by atoms with E-state index in [9.17, 15) is 13.2 Å². The van der Waals surface area contributed by atoms with E-state index in [2.05, 4.69) is 5.32 Å². The van der Waals surface area contributed by atoms with Gasteiger partial charge in [-0.2, -0.15) is 0 Å². The highest BCUT2D eigenvalue weighted by molar-refractivity contribution is 7.90. The van der Waals surface area contributed by atoms with Gasteiger partial charge in [-0.15, -0.1) is 12.4 Å². The van der Waals surface area contributed by atoms with Crippen LogP contribution in [0.15, 0.2) is 59.5 Å². The van der Waals surface area contributed by atoms with Crippen LogP contribution in [0.4, 0.5) is 5.69 Å². The lowest BCUT2D eigenvalue weighted by atomic mass is 10.1. The molecule has 1 amide bonds. The van der Waals surface area contributed by atoms with E-state index in [0.717, 1.165) is 6.42 Å². The number of carbonyl (C=O) groups is 1. The second kappa shape index (κ2) is 9.32. The Kier molecular flexibility index (Phi) is 7.38. The molecule has 0 radical (unpaired) electrons. The topological polar surface area (TPSA) is 98.5 Å². The fraction of sp³-hybridized carbons (Fsp3) is 0.316. The maximum atomic E-state index is 12.6. The van der Waals surface area contributed by atoms with Crippen LogP contribution in [-0.4, -0.2) is 33.1 Å². The minimum absolute atomic E-state index is 0. The van der Waals surface area contributed by atoms with E-state index in [1.807, 2.05) is 0 Å². The van der Waals surface area contributed by atoms with E-state index in [0.29, 0.717) is 24.2 Å². The molecule has 1 heterocycles. The van der Waals surface area contributed by atoms with Crippen LogP contribution in [-0.2, 0) is 25.1 Å². The zero-order valence-electron chi connectivity index (χ0n) is 14.7. The Bertz CT molecular complexity index is 874. The van der Waals surface area contributed by atoms with Gasteiger partial charge in [-0.05, 0) is 36.6 Å². The monoisotopic (exact) mass is 410 g/mol. The number of hydrogen-bond acceptors (Lipinski definition) is 5. The first-order valence-electron chi connectivity index (χ1n) is 8.51. The van der Waals surface area contributed by atoms with Crippen LogP contribution in [0.2, 0.25) is 0 Å². The summed E-state index contributed by atoms with van der Waals surface area (Å²) in [4.78, 5) is 12.7. The van der Waals surface area contributed by atoms with Crippen LogP contribution >= 0.6 is 12.4 Å². The Labute approximate surface area is 165 Å². The Morgan fingerprint density at radius 3 is 2.41 bits per heavy atom. The number of halogens is 1. The van der Waals surface area contributed by atoms with Crippen LogP contribution in [0.5, 0.6) is 0 Å². The lowest BCUT2D eigenvalue weighted by Crippen LogP contribution is -2.30. The molecule has 1 fully saturated rings. The summed E-state index contributed by atoms with van der Waals surface area (Å²) in [6, 6.07) is 15.2. The molecule has 0 spiro atoms. The van der Waals surface area contributed by atoms with Gasteiger partial charge in [-0.25, -0.2) is 8.42 Å². The molecular weight excluding hydrogens is 388 g/mol. The molecule has 1 saturated heterocycles. The second-order valence-electron chi connectivity index (χ2n) is 6.28. The summed E-state index contributed by atoms with van der Waals surface area (Å²) in [6.45, 7) is 0.385. The first-order chi connectivity index (χ1) is 12.5. The molecule has 0 bridgehead atoms. The summed E-state index contributed by atoms with van der Waals surface area (Å²) in [7, 11) is -3.50. The number of sulfone groups is 1. The quantitative estimate of drug-likeness (QED) is 0.762. The van der Waals surface area contributed by atoms with Crippen LogP contribution in [0, 0.1) is 0 Å². The average Bonchev–Trinajstić information content (AvgIpc) is 3.13. The molecule has 6 nitrogen and oxygen atoms in total. The van der Waals surface area contributed by atoms with Crippen molar-refractivity contribution < 1.29 is 17.9 Å². The number of carbonyl (C=O) groups excluding carboxylic acids is 1. The average molecular weight is 411 g/mol. The number of hydrogen-bond donors (Lipinski definition) is 2. The van der Waals surface area contributed by atoms with Crippen LogP contribution in [0.3, 0.4) is 0 Å². The zero-order valence-corrected chi connectivity index (χ0v) is 16.3. The number of amides is 1. The molecule has 0 aromatic heterocycles. The highest BCUT2D eigenvalue weighted by Crippen LogP contribution is 2.24. The molecule has 2 aromatic rings. The molecule has 1 aliphatic rings. The summed E-state index contributed by atoms with van der Waals surface area (Å²) in [5.41, 5.74) is 6.60. The molecule has 0 aliphatic carbocycles. The molecule has 0 saturated carbocycles. The third-order valence-corrected chi connectivity index (χ3v) is 6.07. The summed E-state index contributed by atoms with van der Waals surface area (Å²) in [5.74, 6) is -0.463. The van der Waals surface area contributed by atoms with Crippen molar-refractivity contribution in [3.63, 3.8) is 0 Å². The van der Waals surface area contributed by atoms with Crippen molar-refractivity contribution in [1.29, 1.82) is 0 Å². The summed E-state index contributed by atoms with van der Waals surface area (Å²) >= 11 is 0. The van der Waals surface area contributed by atoms with E-state index < -0.39 is 15.9 Å². The smallest absolute Gasteiger partial charge is 0.253 e. The number of anilines is 1. The van der Waals surface area contributed by atoms with E-state index in [1.54, 1.807) is 54.6 Å². The fourth-order valence-electron chi connectivity index (χ4n) is 2.97. The van der Waals surface area contributed by atoms with Crippen molar-refractivity contribution in [3.8, 4) is 0 Å². The number of nitrogens with one attached hydrogen (secondary N) is 1. The fourth-order valence-corrected chi connectivity index (χ4v) is 4.37. The zero-order chi connectivity index (χ0) is 18.6. The first kappa shape index (κ1) is 21.4. The van der Waals surface area contributed by atoms with Crippen molar-refractivity contribution in [2.45, 2.75) is 35.7 Å². The van der Waals surface area contributed by atoms with Gasteiger partial charge in [0.15, 0.2) is 9.84 Å². The van der Waals surface area contributed by atoms with Gasteiger partial charge in [0, 0.05) is 12.2 Å². The van der Waals surface area contributed by atoms with Gasteiger partial charge in [0.05, 0.1) is 16.8 Å². The maximum absolute atomic E-state index is 12.6. The largest absolute Gasteiger partial charge is 0.364 e. The molecule has 146 valence electrons. The molecule has 8 heteroatoms. The summed E-state index contributed by atoms with van der Waals surface area (Å²) in [5, 5.41) is 2.80. The number of ether oxygens (including phenoxy) is 1. The number of benzene rings is 2. The van der Waals surface area contributed by atoms with Crippen molar-refractivity contribution in [2.75, 3.05) is 11.9 Å². The van der Waals surface area contributed by atoms with Crippen molar-refractivity contribution >= 4 is 33.8 Å². The summed E-state index contributed by atoms with van der Waals surface area (Å²) < 4.78 is 30.9. The predicted molar refractivity (Wildman–Crippen MR) is 107 cm³/mol. The highest BCUT2D eigenvalue weighted by Gasteiger charge is 2.30.